The van der Waals surface area contributed by atoms with Crippen LogP contribution in [-0.4, -0.2) is 36.1 Å². The topological polar surface area (TPSA) is 87.1 Å². The predicted octanol–water partition coefficient (Wildman–Crippen LogP) is 1.07. The quantitative estimate of drug-likeness (QED) is 0.349. The summed E-state index contributed by atoms with van der Waals surface area (Å²) in [6.45, 7) is 0. The Morgan fingerprint density at radius 3 is 1.06 bits per heavy atom. The van der Waals surface area contributed by atoms with E-state index in [2.05, 4.69) is 0 Å². The normalized spacial score (nSPS) is 12.0. The Labute approximate surface area is 195 Å². The highest BCUT2D eigenvalue weighted by Gasteiger charge is 2.43. The molecule has 6 aromatic rings. The van der Waals surface area contributed by atoms with Crippen molar-refractivity contribution in [3.8, 4) is 18.0 Å². The number of hydrogen-bond acceptors (Lipinski definition) is 3. The van der Waals surface area contributed by atoms with E-state index in [0.29, 0.717) is 0 Å². The summed E-state index contributed by atoms with van der Waals surface area (Å²) in [6.07, 6.45) is 0. The molecule has 0 saturated heterocycles. The van der Waals surface area contributed by atoms with Crippen LogP contribution in [-0.2, 0) is 21.1 Å². The molecule has 3 heterocycles. The summed E-state index contributed by atoms with van der Waals surface area (Å²) in [6, 6.07) is 22.9. The first-order valence-electron chi connectivity index (χ1n) is 11.0. The first-order chi connectivity index (χ1) is 16.4. The van der Waals surface area contributed by atoms with E-state index in [4.69, 9.17) is 0 Å². The number of hydrogen-bond donors (Lipinski definition) is 3. The van der Waals surface area contributed by atoms with Crippen LogP contribution in [0.15, 0.2) is 72.8 Å². The fourth-order valence-electron chi connectivity index (χ4n) is 5.02. The first kappa shape index (κ1) is 20.2. The molecular weight excluding hydrogens is 431 g/mol. The van der Waals surface area contributed by atoms with Gasteiger partial charge in [-0.2, -0.15) is 13.7 Å². The van der Waals surface area contributed by atoms with E-state index in [-0.39, 0.29) is 18.0 Å². The number of para-hydroxylation sites is 6. The summed E-state index contributed by atoms with van der Waals surface area (Å²) in [7, 11) is 4.48. The van der Waals surface area contributed by atoms with E-state index < -0.39 is 7.12 Å². The maximum atomic E-state index is 11.4. The molecule has 0 amide bonds. The minimum absolute atomic E-state index is 0.0223. The lowest BCUT2D eigenvalue weighted by Crippen LogP contribution is -2.83. The fourth-order valence-corrected chi connectivity index (χ4v) is 5.02. The van der Waals surface area contributed by atoms with Crippen LogP contribution in [0.25, 0.3) is 33.1 Å². The van der Waals surface area contributed by atoms with E-state index in [1.165, 1.54) is 0 Å². The van der Waals surface area contributed by atoms with E-state index in [9.17, 15) is 15.3 Å². The third kappa shape index (κ3) is 2.47. The molecule has 1 radical (unpaired) electrons. The molecule has 0 aliphatic carbocycles. The molecule has 0 saturated carbocycles. The molecular formula is C24H24BN6O3+2. The first-order valence-corrected chi connectivity index (χ1v) is 11.0. The summed E-state index contributed by atoms with van der Waals surface area (Å²) >= 11 is 0. The monoisotopic (exact) mass is 455 g/mol. The van der Waals surface area contributed by atoms with Crippen molar-refractivity contribution in [1.29, 1.82) is 0 Å². The number of fused-ring (bicyclic) bond motifs is 3. The van der Waals surface area contributed by atoms with Crippen LogP contribution in [0, 0.1) is 0 Å². The number of imidazole rings is 3. The lowest BCUT2D eigenvalue weighted by Gasteiger charge is -2.18. The van der Waals surface area contributed by atoms with Crippen molar-refractivity contribution in [2.45, 2.75) is 0 Å². The van der Waals surface area contributed by atoms with Crippen molar-refractivity contribution in [1.82, 2.24) is 13.7 Å². The summed E-state index contributed by atoms with van der Waals surface area (Å²) in [4.78, 5) is 0. The minimum Gasteiger partial charge on any atom is -0.449 e. The molecule has 0 bridgehead atoms. The van der Waals surface area contributed by atoms with Crippen molar-refractivity contribution in [3.05, 3.63) is 72.8 Å². The van der Waals surface area contributed by atoms with Crippen LogP contribution in [0.5, 0.6) is 18.0 Å². The fraction of sp³-hybridized carbons (Fsp3) is 0.125. The van der Waals surface area contributed by atoms with Crippen molar-refractivity contribution in [2.24, 2.45) is 21.1 Å². The van der Waals surface area contributed by atoms with Gasteiger partial charge in [0, 0.05) is 0 Å². The SMILES string of the molecule is Cn1c(O)[n+]([B-]([n+]2c(O)n(C)c3ccccc32)[n+]2c(O)n(C)c3ccccc32)c2ccccc21. The second kappa shape index (κ2) is 7.01. The van der Waals surface area contributed by atoms with Gasteiger partial charge in [-0.05, 0) is 36.4 Å². The third-order valence-corrected chi connectivity index (χ3v) is 6.75. The van der Waals surface area contributed by atoms with Gasteiger partial charge in [0.2, 0.25) is 0 Å². The van der Waals surface area contributed by atoms with E-state index in [0.717, 1.165) is 33.1 Å². The maximum absolute atomic E-state index is 11.4. The Bertz CT molecular complexity index is 1540. The molecule has 3 aromatic heterocycles. The van der Waals surface area contributed by atoms with E-state index in [1.807, 2.05) is 72.8 Å². The molecule has 169 valence electrons. The molecule has 9 nitrogen and oxygen atoms in total. The van der Waals surface area contributed by atoms with Crippen molar-refractivity contribution >= 4 is 40.2 Å². The maximum Gasteiger partial charge on any atom is 0.593 e. The molecule has 0 unspecified atom stereocenters. The average molecular weight is 455 g/mol. The number of nitrogens with zero attached hydrogens (tertiary/aromatic N) is 6. The lowest BCUT2D eigenvalue weighted by atomic mass is 9.89. The highest BCUT2D eigenvalue weighted by molar-refractivity contribution is 6.31. The molecule has 3 N–H and O–H groups in total. The van der Waals surface area contributed by atoms with Gasteiger partial charge in [0.05, 0.1) is 21.1 Å². The number of rotatable bonds is 3. The van der Waals surface area contributed by atoms with Crippen molar-refractivity contribution in [3.63, 3.8) is 0 Å². The van der Waals surface area contributed by atoms with Crippen LogP contribution < -0.4 is 13.4 Å². The highest BCUT2D eigenvalue weighted by atomic mass is 16.3. The Hall–Kier alpha value is -4.47. The van der Waals surface area contributed by atoms with Gasteiger partial charge in [0.1, 0.15) is 16.6 Å². The molecule has 0 aliphatic heterocycles. The zero-order valence-corrected chi connectivity index (χ0v) is 19.0. The van der Waals surface area contributed by atoms with Gasteiger partial charge in [-0.15, -0.1) is 0 Å². The van der Waals surface area contributed by atoms with E-state index in [1.54, 1.807) is 48.3 Å². The van der Waals surface area contributed by atoms with Gasteiger partial charge in [0.15, 0.2) is 16.6 Å². The smallest absolute Gasteiger partial charge is 0.449 e. The van der Waals surface area contributed by atoms with Crippen molar-refractivity contribution < 1.29 is 28.8 Å². The molecule has 0 fully saturated rings. The number of benzene rings is 3. The summed E-state index contributed by atoms with van der Waals surface area (Å²) in [5.74, 6) is 0. The van der Waals surface area contributed by atoms with Gasteiger partial charge in [-0.3, -0.25) is 0 Å². The van der Waals surface area contributed by atoms with Crippen molar-refractivity contribution in [2.75, 3.05) is 0 Å². The molecule has 3 aromatic carbocycles. The molecule has 0 aliphatic rings. The molecule has 0 atom stereocenters. The highest BCUT2D eigenvalue weighted by Crippen LogP contribution is 2.22. The van der Waals surface area contributed by atoms with Crippen LogP contribution in [0.3, 0.4) is 0 Å². The summed E-state index contributed by atoms with van der Waals surface area (Å²) < 4.78 is 10.2. The third-order valence-electron chi connectivity index (χ3n) is 6.75. The Morgan fingerprint density at radius 1 is 0.500 bits per heavy atom. The zero-order valence-electron chi connectivity index (χ0n) is 19.0. The second-order valence-corrected chi connectivity index (χ2v) is 8.50. The van der Waals surface area contributed by atoms with Crippen LogP contribution >= 0.6 is 0 Å². The Kier molecular flexibility index (Phi) is 4.16. The summed E-state index contributed by atoms with van der Waals surface area (Å²) in [5.41, 5.74) is 4.66. The molecule has 10 heteroatoms. The molecule has 0 spiro atoms. The predicted molar refractivity (Wildman–Crippen MR) is 126 cm³/mol. The van der Waals surface area contributed by atoms with Crippen LogP contribution in [0.1, 0.15) is 0 Å². The van der Waals surface area contributed by atoms with Gasteiger partial charge < -0.3 is 28.8 Å². The lowest BCUT2D eigenvalue weighted by molar-refractivity contribution is -0.772. The van der Waals surface area contributed by atoms with Crippen LogP contribution in [0.4, 0.5) is 0 Å². The van der Waals surface area contributed by atoms with Gasteiger partial charge in [0.25, 0.3) is 0 Å². The largest absolute Gasteiger partial charge is 0.593 e. The van der Waals surface area contributed by atoms with Crippen LogP contribution in [0.2, 0.25) is 0 Å². The van der Waals surface area contributed by atoms with Gasteiger partial charge >= 0.3 is 25.1 Å². The minimum atomic E-state index is -0.872. The standard InChI is InChI=1S/C24H21BN6O3/c1-26-16-10-4-7-13-19(16)29(22(26)32)25(30-20-14-8-5-11-17(20)27(2)23(30)33)31-21-15-9-6-12-18(21)28(3)24(31)34/h4-15H,1-3H3/q-1/p+3. The number of aromatic hydroxyl groups is 3. The number of aromatic nitrogens is 6. The Morgan fingerprint density at radius 2 is 0.765 bits per heavy atom. The number of aryl methyl sites for hydroxylation is 3. The van der Waals surface area contributed by atoms with E-state index >= 15 is 0 Å². The molecule has 6 rings (SSSR count). The Balaban J connectivity index is 1.84. The zero-order chi connectivity index (χ0) is 23.7. The van der Waals surface area contributed by atoms with Gasteiger partial charge in [-0.1, -0.05) is 36.4 Å². The second-order valence-electron chi connectivity index (χ2n) is 8.50. The van der Waals surface area contributed by atoms with Gasteiger partial charge in [-0.25, -0.2) is 0 Å². The average Bonchev–Trinajstić information content (AvgIpc) is 3.37. The summed E-state index contributed by atoms with van der Waals surface area (Å²) in [5, 5.41) is 34.1. The molecule has 34 heavy (non-hydrogen) atoms.